The standard InChI is InChI=1S/C7H13NO/c1-3-7(5-9)4-6(2)8/h3,7-9H,1,4-5H2,2H3/t7-/m1/s1. The van der Waals surface area contributed by atoms with Gasteiger partial charge in [0, 0.05) is 18.2 Å². The summed E-state index contributed by atoms with van der Waals surface area (Å²) in [5.41, 5.74) is 0.592. The van der Waals surface area contributed by atoms with Crippen molar-refractivity contribution in [1.82, 2.24) is 0 Å². The van der Waals surface area contributed by atoms with E-state index in [4.69, 9.17) is 10.5 Å². The van der Waals surface area contributed by atoms with Gasteiger partial charge in [-0.05, 0) is 13.3 Å². The third kappa shape index (κ3) is 3.91. The molecule has 0 aromatic rings. The van der Waals surface area contributed by atoms with E-state index in [1.54, 1.807) is 13.0 Å². The normalized spacial score (nSPS) is 12.7. The topological polar surface area (TPSA) is 44.1 Å². The molecule has 0 saturated carbocycles. The van der Waals surface area contributed by atoms with Crippen molar-refractivity contribution >= 4 is 5.71 Å². The molecule has 2 N–H and O–H groups in total. The van der Waals surface area contributed by atoms with E-state index in [9.17, 15) is 0 Å². The number of rotatable bonds is 4. The number of hydrogen-bond acceptors (Lipinski definition) is 2. The molecule has 52 valence electrons. The number of aliphatic hydroxyl groups excluding tert-OH is 1. The molecule has 0 aliphatic heterocycles. The SMILES string of the molecule is C=C[C@@H](CO)CC(C)=N. The molecule has 0 aromatic heterocycles. The molecule has 0 bridgehead atoms. The van der Waals surface area contributed by atoms with Gasteiger partial charge in [0.25, 0.3) is 0 Å². The lowest BCUT2D eigenvalue weighted by Gasteiger charge is -2.05. The average molecular weight is 127 g/mol. The first-order valence-electron chi connectivity index (χ1n) is 2.98. The van der Waals surface area contributed by atoms with E-state index in [2.05, 4.69) is 6.58 Å². The molecule has 0 unspecified atom stereocenters. The average Bonchev–Trinajstić information content (AvgIpc) is 1.82. The largest absolute Gasteiger partial charge is 0.396 e. The molecule has 0 amide bonds. The lowest BCUT2D eigenvalue weighted by atomic mass is 10.0. The third-order valence-corrected chi connectivity index (χ3v) is 1.14. The summed E-state index contributed by atoms with van der Waals surface area (Å²) in [6, 6.07) is 0. The van der Waals surface area contributed by atoms with E-state index >= 15 is 0 Å². The van der Waals surface area contributed by atoms with Gasteiger partial charge in [0.15, 0.2) is 0 Å². The zero-order valence-electron chi connectivity index (χ0n) is 5.72. The molecular weight excluding hydrogens is 114 g/mol. The van der Waals surface area contributed by atoms with Crippen LogP contribution in [0.15, 0.2) is 12.7 Å². The van der Waals surface area contributed by atoms with Crippen LogP contribution in [-0.4, -0.2) is 17.4 Å². The Bertz CT molecular complexity index is 109. The van der Waals surface area contributed by atoms with Gasteiger partial charge in [-0.25, -0.2) is 0 Å². The lowest BCUT2D eigenvalue weighted by molar-refractivity contribution is 0.256. The van der Waals surface area contributed by atoms with E-state index in [0.717, 1.165) is 0 Å². The monoisotopic (exact) mass is 127 g/mol. The number of aliphatic hydroxyl groups is 1. The van der Waals surface area contributed by atoms with Gasteiger partial charge in [0.05, 0.1) is 0 Å². The molecule has 0 spiro atoms. The minimum atomic E-state index is 0.0718. The summed E-state index contributed by atoms with van der Waals surface area (Å²) in [7, 11) is 0. The molecule has 0 heterocycles. The minimum Gasteiger partial charge on any atom is -0.396 e. The van der Waals surface area contributed by atoms with Gasteiger partial charge in [-0.2, -0.15) is 0 Å². The first-order valence-corrected chi connectivity index (χ1v) is 2.98. The minimum absolute atomic E-state index is 0.0718. The molecule has 0 radical (unpaired) electrons. The van der Waals surface area contributed by atoms with Crippen molar-refractivity contribution in [2.75, 3.05) is 6.61 Å². The Hall–Kier alpha value is -0.630. The van der Waals surface area contributed by atoms with Crippen LogP contribution in [0.2, 0.25) is 0 Å². The quantitative estimate of drug-likeness (QED) is 0.432. The van der Waals surface area contributed by atoms with Gasteiger partial charge in [-0.15, -0.1) is 6.58 Å². The predicted molar refractivity (Wildman–Crippen MR) is 38.8 cm³/mol. The summed E-state index contributed by atoms with van der Waals surface area (Å²) in [6.07, 6.45) is 2.30. The van der Waals surface area contributed by atoms with Crippen molar-refractivity contribution in [1.29, 1.82) is 5.41 Å². The van der Waals surface area contributed by atoms with Crippen LogP contribution >= 0.6 is 0 Å². The second-order valence-corrected chi connectivity index (χ2v) is 2.16. The molecule has 2 nitrogen and oxygen atoms in total. The Labute approximate surface area is 55.7 Å². The van der Waals surface area contributed by atoms with Gasteiger partial charge in [0.1, 0.15) is 0 Å². The molecule has 1 atom stereocenters. The van der Waals surface area contributed by atoms with E-state index in [1.165, 1.54) is 0 Å². The number of hydrogen-bond donors (Lipinski definition) is 2. The van der Waals surface area contributed by atoms with Crippen molar-refractivity contribution < 1.29 is 5.11 Å². The van der Waals surface area contributed by atoms with Crippen molar-refractivity contribution in [2.45, 2.75) is 13.3 Å². The molecule has 2 heteroatoms. The predicted octanol–water partition coefficient (Wildman–Crippen LogP) is 1.21. The third-order valence-electron chi connectivity index (χ3n) is 1.14. The summed E-state index contributed by atoms with van der Waals surface area (Å²) >= 11 is 0. The Morgan fingerprint density at radius 1 is 1.89 bits per heavy atom. The van der Waals surface area contributed by atoms with Crippen LogP contribution < -0.4 is 0 Å². The van der Waals surface area contributed by atoms with E-state index in [0.29, 0.717) is 12.1 Å². The van der Waals surface area contributed by atoms with Crippen molar-refractivity contribution in [3.63, 3.8) is 0 Å². The summed E-state index contributed by atoms with van der Waals surface area (Å²) in [5.74, 6) is 0.0718. The highest BCUT2D eigenvalue weighted by molar-refractivity contribution is 5.78. The fourth-order valence-corrected chi connectivity index (χ4v) is 0.616. The van der Waals surface area contributed by atoms with Gasteiger partial charge >= 0.3 is 0 Å². The molecule has 0 saturated heterocycles. The van der Waals surface area contributed by atoms with Crippen LogP contribution in [0.5, 0.6) is 0 Å². The molecule has 9 heavy (non-hydrogen) atoms. The second-order valence-electron chi connectivity index (χ2n) is 2.16. The highest BCUT2D eigenvalue weighted by Crippen LogP contribution is 2.02. The number of nitrogens with one attached hydrogen (secondary N) is 1. The fraction of sp³-hybridized carbons (Fsp3) is 0.571. The smallest absolute Gasteiger partial charge is 0.0497 e. The van der Waals surface area contributed by atoms with E-state index in [-0.39, 0.29) is 12.5 Å². The van der Waals surface area contributed by atoms with Gasteiger partial charge in [-0.1, -0.05) is 6.08 Å². The Morgan fingerprint density at radius 2 is 2.44 bits per heavy atom. The van der Waals surface area contributed by atoms with Crippen molar-refractivity contribution in [2.24, 2.45) is 5.92 Å². The van der Waals surface area contributed by atoms with Gasteiger partial charge < -0.3 is 10.5 Å². The molecule has 0 fully saturated rings. The van der Waals surface area contributed by atoms with Crippen LogP contribution in [-0.2, 0) is 0 Å². The fourth-order valence-electron chi connectivity index (χ4n) is 0.616. The zero-order valence-corrected chi connectivity index (χ0v) is 5.72. The van der Waals surface area contributed by atoms with Crippen LogP contribution in [0, 0.1) is 11.3 Å². The molecule has 0 aliphatic carbocycles. The second kappa shape index (κ2) is 4.27. The lowest BCUT2D eigenvalue weighted by Crippen LogP contribution is -2.06. The maximum atomic E-state index is 8.61. The molecular formula is C7H13NO. The van der Waals surface area contributed by atoms with Crippen LogP contribution in [0.3, 0.4) is 0 Å². The summed E-state index contributed by atoms with van der Waals surface area (Å²) in [4.78, 5) is 0. The maximum Gasteiger partial charge on any atom is 0.0497 e. The Kier molecular flexibility index (Phi) is 3.97. The Balaban J connectivity index is 3.55. The molecule has 0 aromatic carbocycles. The summed E-state index contributed by atoms with van der Waals surface area (Å²) < 4.78 is 0. The van der Waals surface area contributed by atoms with E-state index in [1.807, 2.05) is 0 Å². The van der Waals surface area contributed by atoms with Crippen LogP contribution in [0.25, 0.3) is 0 Å². The zero-order chi connectivity index (χ0) is 7.28. The van der Waals surface area contributed by atoms with Crippen molar-refractivity contribution in [3.05, 3.63) is 12.7 Å². The van der Waals surface area contributed by atoms with Gasteiger partial charge in [-0.3, -0.25) is 0 Å². The molecule has 0 aliphatic rings. The van der Waals surface area contributed by atoms with Crippen molar-refractivity contribution in [3.8, 4) is 0 Å². The molecule has 0 rings (SSSR count). The van der Waals surface area contributed by atoms with E-state index < -0.39 is 0 Å². The summed E-state index contributed by atoms with van der Waals surface area (Å²) in [5, 5.41) is 15.7. The summed E-state index contributed by atoms with van der Waals surface area (Å²) in [6.45, 7) is 5.35. The Morgan fingerprint density at radius 3 is 2.56 bits per heavy atom. The highest BCUT2D eigenvalue weighted by Gasteiger charge is 2.01. The van der Waals surface area contributed by atoms with Crippen LogP contribution in [0.4, 0.5) is 0 Å². The highest BCUT2D eigenvalue weighted by atomic mass is 16.3. The maximum absolute atomic E-state index is 8.61. The first-order chi connectivity index (χ1) is 4.20. The van der Waals surface area contributed by atoms with Crippen LogP contribution in [0.1, 0.15) is 13.3 Å². The van der Waals surface area contributed by atoms with Gasteiger partial charge in [0.2, 0.25) is 0 Å². The first kappa shape index (κ1) is 8.37.